The molecule has 0 unspecified atom stereocenters. The van der Waals surface area contributed by atoms with E-state index in [4.69, 9.17) is 25.8 Å². The molecule has 0 aliphatic carbocycles. The molecule has 1 amide bonds. The first-order valence-corrected chi connectivity index (χ1v) is 10.0. The van der Waals surface area contributed by atoms with Crippen molar-refractivity contribution < 1.29 is 19.0 Å². The molecule has 0 atom stereocenters. The number of hydrogen-bond acceptors (Lipinski definition) is 5. The van der Waals surface area contributed by atoms with Gasteiger partial charge in [-0.05, 0) is 69.2 Å². The summed E-state index contributed by atoms with van der Waals surface area (Å²) in [5, 5.41) is 4.43. The Labute approximate surface area is 176 Å². The van der Waals surface area contributed by atoms with Gasteiger partial charge in [0.05, 0.1) is 30.6 Å². The molecule has 0 fully saturated rings. The number of hydrazone groups is 1. The summed E-state index contributed by atoms with van der Waals surface area (Å²) in [4.78, 5) is 12.2. The van der Waals surface area contributed by atoms with E-state index in [-0.39, 0.29) is 12.0 Å². The van der Waals surface area contributed by atoms with Gasteiger partial charge in [0, 0.05) is 5.56 Å². The number of hydrogen-bond donors (Lipinski definition) is 1. The van der Waals surface area contributed by atoms with Gasteiger partial charge < -0.3 is 14.2 Å². The summed E-state index contributed by atoms with van der Waals surface area (Å²) < 4.78 is 16.9. The lowest BCUT2D eigenvalue weighted by Gasteiger charge is -2.16. The fraction of sp³-hybridized carbons (Fsp3) is 0.364. The van der Waals surface area contributed by atoms with Crippen molar-refractivity contribution in [3.05, 3.63) is 52.5 Å². The van der Waals surface area contributed by atoms with E-state index in [0.717, 1.165) is 12.2 Å². The first kappa shape index (κ1) is 22.6. The fourth-order valence-corrected chi connectivity index (χ4v) is 2.69. The minimum absolute atomic E-state index is 0.0377. The standard InChI is InChI=1S/C22H27ClN2O4/c1-5-11-28-18-9-7-17(8-10-18)22(26)25-24-14-16-12-19(23)21(29-15(3)4)20(13-16)27-6-2/h7-10,12-15H,5-6,11H2,1-4H3,(H,25,26)/b24-14-. The summed E-state index contributed by atoms with van der Waals surface area (Å²) >= 11 is 6.34. The van der Waals surface area contributed by atoms with Crippen LogP contribution in [0.15, 0.2) is 41.5 Å². The summed E-state index contributed by atoms with van der Waals surface area (Å²) in [7, 11) is 0. The van der Waals surface area contributed by atoms with Gasteiger partial charge in [0.25, 0.3) is 5.91 Å². The van der Waals surface area contributed by atoms with Crippen molar-refractivity contribution in [3.8, 4) is 17.2 Å². The van der Waals surface area contributed by atoms with E-state index in [9.17, 15) is 4.79 Å². The number of benzene rings is 2. The fourth-order valence-electron chi connectivity index (χ4n) is 2.43. The van der Waals surface area contributed by atoms with Crippen LogP contribution in [0.5, 0.6) is 17.2 Å². The van der Waals surface area contributed by atoms with Crippen LogP contribution in [-0.4, -0.2) is 31.4 Å². The van der Waals surface area contributed by atoms with Crippen molar-refractivity contribution in [2.45, 2.75) is 40.2 Å². The van der Waals surface area contributed by atoms with Gasteiger partial charge in [0.15, 0.2) is 11.5 Å². The predicted octanol–water partition coefficient (Wildman–Crippen LogP) is 5.08. The van der Waals surface area contributed by atoms with Crippen LogP contribution in [0, 0.1) is 0 Å². The van der Waals surface area contributed by atoms with Crippen LogP contribution in [0.1, 0.15) is 50.0 Å². The normalized spacial score (nSPS) is 11.0. The maximum atomic E-state index is 12.2. The van der Waals surface area contributed by atoms with Crippen LogP contribution in [0.3, 0.4) is 0 Å². The lowest BCUT2D eigenvalue weighted by molar-refractivity contribution is 0.0955. The van der Waals surface area contributed by atoms with E-state index in [1.165, 1.54) is 6.21 Å². The second-order valence-corrected chi connectivity index (χ2v) is 6.91. The third kappa shape index (κ3) is 6.98. The number of carbonyl (C=O) groups excluding carboxylic acids is 1. The third-order valence-electron chi connectivity index (χ3n) is 3.65. The minimum atomic E-state index is -0.320. The number of carbonyl (C=O) groups is 1. The molecule has 7 heteroatoms. The van der Waals surface area contributed by atoms with Gasteiger partial charge in [-0.2, -0.15) is 5.10 Å². The van der Waals surface area contributed by atoms with Crippen molar-refractivity contribution in [2.24, 2.45) is 5.10 Å². The maximum Gasteiger partial charge on any atom is 0.271 e. The Morgan fingerprint density at radius 1 is 1.17 bits per heavy atom. The minimum Gasteiger partial charge on any atom is -0.494 e. The summed E-state index contributed by atoms with van der Waals surface area (Å²) in [6.45, 7) is 8.86. The average Bonchev–Trinajstić information content (AvgIpc) is 2.69. The quantitative estimate of drug-likeness (QED) is 0.431. The van der Waals surface area contributed by atoms with E-state index < -0.39 is 0 Å². The van der Waals surface area contributed by atoms with Gasteiger partial charge >= 0.3 is 0 Å². The molecule has 0 spiro atoms. The Bertz CT molecular complexity index is 835. The smallest absolute Gasteiger partial charge is 0.271 e. The van der Waals surface area contributed by atoms with Gasteiger partial charge in [0.1, 0.15) is 5.75 Å². The Balaban J connectivity index is 2.06. The average molecular weight is 419 g/mol. The lowest BCUT2D eigenvalue weighted by Crippen LogP contribution is -2.17. The van der Waals surface area contributed by atoms with Crippen LogP contribution in [-0.2, 0) is 0 Å². The molecular weight excluding hydrogens is 392 g/mol. The molecule has 0 radical (unpaired) electrons. The van der Waals surface area contributed by atoms with Crippen LogP contribution in [0.4, 0.5) is 0 Å². The highest BCUT2D eigenvalue weighted by atomic mass is 35.5. The number of nitrogens with one attached hydrogen (secondary N) is 1. The molecular formula is C22H27ClN2O4. The molecule has 29 heavy (non-hydrogen) atoms. The van der Waals surface area contributed by atoms with E-state index >= 15 is 0 Å². The van der Waals surface area contributed by atoms with Crippen LogP contribution in [0.2, 0.25) is 5.02 Å². The monoisotopic (exact) mass is 418 g/mol. The molecule has 1 N–H and O–H groups in total. The van der Waals surface area contributed by atoms with E-state index in [0.29, 0.717) is 40.9 Å². The molecule has 2 rings (SSSR count). The Morgan fingerprint density at radius 2 is 1.90 bits per heavy atom. The molecule has 0 heterocycles. The number of ether oxygens (including phenoxy) is 3. The van der Waals surface area contributed by atoms with E-state index in [2.05, 4.69) is 10.5 Å². The summed E-state index contributed by atoms with van der Waals surface area (Å²) in [5.74, 6) is 1.44. The summed E-state index contributed by atoms with van der Waals surface area (Å²) in [6, 6.07) is 10.4. The zero-order chi connectivity index (χ0) is 21.2. The van der Waals surface area contributed by atoms with Crippen LogP contribution >= 0.6 is 11.6 Å². The van der Waals surface area contributed by atoms with Gasteiger partial charge in [-0.3, -0.25) is 4.79 Å². The molecule has 0 aliphatic heterocycles. The Hall–Kier alpha value is -2.73. The molecule has 6 nitrogen and oxygen atoms in total. The van der Waals surface area contributed by atoms with Crippen molar-refractivity contribution in [1.82, 2.24) is 5.43 Å². The van der Waals surface area contributed by atoms with Gasteiger partial charge in [-0.25, -0.2) is 5.43 Å². The first-order valence-electron chi connectivity index (χ1n) is 9.63. The van der Waals surface area contributed by atoms with E-state index in [1.54, 1.807) is 36.4 Å². The highest BCUT2D eigenvalue weighted by Gasteiger charge is 2.13. The second kappa shape index (κ2) is 11.3. The zero-order valence-electron chi connectivity index (χ0n) is 17.2. The molecule has 2 aromatic rings. The maximum absolute atomic E-state index is 12.2. The van der Waals surface area contributed by atoms with Gasteiger partial charge in [-0.15, -0.1) is 0 Å². The molecule has 2 aromatic carbocycles. The molecule has 0 saturated heterocycles. The Kier molecular flexibility index (Phi) is 8.80. The number of nitrogens with zero attached hydrogens (tertiary/aromatic N) is 1. The zero-order valence-corrected chi connectivity index (χ0v) is 18.0. The molecule has 156 valence electrons. The molecule has 0 bridgehead atoms. The van der Waals surface area contributed by atoms with Crippen molar-refractivity contribution in [3.63, 3.8) is 0 Å². The largest absolute Gasteiger partial charge is 0.494 e. The molecule has 0 saturated carbocycles. The van der Waals surface area contributed by atoms with E-state index in [1.807, 2.05) is 27.7 Å². The number of amides is 1. The summed E-state index contributed by atoms with van der Waals surface area (Å²) in [5.41, 5.74) is 3.67. The SMILES string of the molecule is CCCOc1ccc(C(=O)N/N=C\c2cc(Cl)c(OC(C)C)c(OCC)c2)cc1. The summed E-state index contributed by atoms with van der Waals surface area (Å²) in [6.07, 6.45) is 2.39. The second-order valence-electron chi connectivity index (χ2n) is 6.50. The first-order chi connectivity index (χ1) is 13.9. The highest BCUT2D eigenvalue weighted by molar-refractivity contribution is 6.32. The predicted molar refractivity (Wildman–Crippen MR) is 116 cm³/mol. The molecule has 0 aromatic heterocycles. The third-order valence-corrected chi connectivity index (χ3v) is 3.94. The molecule has 0 aliphatic rings. The topological polar surface area (TPSA) is 69.2 Å². The van der Waals surface area contributed by atoms with Gasteiger partial charge in [0.2, 0.25) is 0 Å². The number of halogens is 1. The highest BCUT2D eigenvalue weighted by Crippen LogP contribution is 2.37. The van der Waals surface area contributed by atoms with Crippen LogP contribution < -0.4 is 19.6 Å². The van der Waals surface area contributed by atoms with Crippen molar-refractivity contribution >= 4 is 23.7 Å². The number of rotatable bonds is 10. The Morgan fingerprint density at radius 3 is 2.52 bits per heavy atom. The van der Waals surface area contributed by atoms with Gasteiger partial charge in [-0.1, -0.05) is 18.5 Å². The van der Waals surface area contributed by atoms with Crippen molar-refractivity contribution in [2.75, 3.05) is 13.2 Å². The van der Waals surface area contributed by atoms with Crippen LogP contribution in [0.25, 0.3) is 0 Å². The van der Waals surface area contributed by atoms with Crippen molar-refractivity contribution in [1.29, 1.82) is 0 Å². The lowest BCUT2D eigenvalue weighted by atomic mass is 10.2.